The molecule has 4 heteroatoms. The van der Waals surface area contributed by atoms with Crippen LogP contribution in [0.25, 0.3) is 0 Å². The highest BCUT2D eigenvalue weighted by Crippen LogP contribution is 2.32. The molecule has 0 radical (unpaired) electrons. The van der Waals surface area contributed by atoms with E-state index in [0.29, 0.717) is 22.1 Å². The van der Waals surface area contributed by atoms with Gasteiger partial charge in [-0.05, 0) is 42.8 Å². The van der Waals surface area contributed by atoms with Crippen molar-refractivity contribution in [3.05, 3.63) is 58.6 Å². The fourth-order valence-electron chi connectivity index (χ4n) is 1.48. The molecule has 0 aliphatic rings. The molecule has 0 aliphatic heterocycles. The van der Waals surface area contributed by atoms with Crippen LogP contribution in [0.5, 0.6) is 11.5 Å². The number of aryl methyl sites for hydroxylation is 1. The van der Waals surface area contributed by atoms with Gasteiger partial charge in [0.05, 0.1) is 5.02 Å². The molecule has 3 nitrogen and oxygen atoms in total. The van der Waals surface area contributed by atoms with Gasteiger partial charge in [0.1, 0.15) is 24.6 Å². The van der Waals surface area contributed by atoms with E-state index in [1.807, 2.05) is 39.7 Å². The van der Waals surface area contributed by atoms with Crippen molar-refractivity contribution in [2.24, 2.45) is 0 Å². The lowest BCUT2D eigenvalue weighted by Gasteiger charge is -2.10. The Morgan fingerprint density at radius 1 is 1.05 bits per heavy atom. The number of hydrogen-bond donors (Lipinski definition) is 0. The van der Waals surface area contributed by atoms with E-state index in [2.05, 4.69) is 0 Å². The number of halogens is 1. The molecule has 0 heterocycles. The van der Waals surface area contributed by atoms with Crippen molar-refractivity contribution in [1.82, 2.24) is 0 Å². The van der Waals surface area contributed by atoms with E-state index in [1.165, 1.54) is 0 Å². The molecule has 0 spiro atoms. The SMILES string of the molecule is C=O.CC.Cc1cccc(Cl)c1Oc1ccc(C=O)cc1. The predicted octanol–water partition coefficient (Wildman–Crippen LogP) is 5.09. The van der Waals surface area contributed by atoms with Crippen molar-refractivity contribution in [1.29, 1.82) is 0 Å². The second kappa shape index (κ2) is 10.6. The van der Waals surface area contributed by atoms with Gasteiger partial charge in [0.25, 0.3) is 0 Å². The van der Waals surface area contributed by atoms with Crippen LogP contribution in [0.1, 0.15) is 29.8 Å². The Kier molecular flexibility index (Phi) is 9.55. The molecule has 0 bridgehead atoms. The molecule has 0 saturated heterocycles. The molecule has 0 fully saturated rings. The molecule has 0 aliphatic carbocycles. The van der Waals surface area contributed by atoms with Crippen LogP contribution >= 0.6 is 11.6 Å². The van der Waals surface area contributed by atoms with Gasteiger partial charge in [-0.1, -0.05) is 37.6 Å². The number of hydrogen-bond acceptors (Lipinski definition) is 3. The third-order valence-electron chi connectivity index (χ3n) is 2.40. The van der Waals surface area contributed by atoms with Crippen LogP contribution in [0.4, 0.5) is 0 Å². The molecule has 0 N–H and O–H groups in total. The number of ether oxygens (including phenoxy) is 1. The smallest absolute Gasteiger partial charge is 0.150 e. The highest BCUT2D eigenvalue weighted by atomic mass is 35.5. The first-order chi connectivity index (χ1) is 10.2. The number of carbonyl (C=O) groups excluding carboxylic acids is 2. The van der Waals surface area contributed by atoms with Gasteiger partial charge >= 0.3 is 0 Å². The quantitative estimate of drug-likeness (QED) is 0.741. The second-order valence-corrected chi connectivity index (χ2v) is 4.08. The first-order valence-electron chi connectivity index (χ1n) is 6.48. The van der Waals surface area contributed by atoms with Gasteiger partial charge in [0, 0.05) is 5.56 Å². The first kappa shape index (κ1) is 18.9. The van der Waals surface area contributed by atoms with Gasteiger partial charge in [-0.3, -0.25) is 4.79 Å². The van der Waals surface area contributed by atoms with Gasteiger partial charge in [-0.2, -0.15) is 0 Å². The molecule has 2 rings (SSSR count). The van der Waals surface area contributed by atoms with Crippen LogP contribution < -0.4 is 4.74 Å². The van der Waals surface area contributed by atoms with E-state index in [-0.39, 0.29) is 0 Å². The average Bonchev–Trinajstić information content (AvgIpc) is 2.55. The topological polar surface area (TPSA) is 43.4 Å². The Labute approximate surface area is 130 Å². The Bertz CT molecular complexity index is 530. The van der Waals surface area contributed by atoms with Crippen molar-refractivity contribution in [2.45, 2.75) is 20.8 Å². The van der Waals surface area contributed by atoms with Crippen LogP contribution in [-0.4, -0.2) is 13.1 Å². The number of rotatable bonds is 3. The lowest BCUT2D eigenvalue weighted by molar-refractivity contribution is -0.0979. The molecule has 2 aromatic rings. The number of aldehydes is 1. The molecule has 21 heavy (non-hydrogen) atoms. The summed E-state index contributed by atoms with van der Waals surface area (Å²) in [6, 6.07) is 12.5. The summed E-state index contributed by atoms with van der Waals surface area (Å²) >= 11 is 6.06. The van der Waals surface area contributed by atoms with Gasteiger partial charge in [-0.25, -0.2) is 0 Å². The third kappa shape index (κ3) is 5.79. The predicted molar refractivity (Wildman–Crippen MR) is 86.6 cm³/mol. The van der Waals surface area contributed by atoms with E-state index >= 15 is 0 Å². The molecule has 112 valence electrons. The zero-order chi connectivity index (χ0) is 16.3. The van der Waals surface area contributed by atoms with Crippen LogP contribution in [0.2, 0.25) is 5.02 Å². The summed E-state index contributed by atoms with van der Waals surface area (Å²) in [4.78, 5) is 18.5. The standard InChI is InChI=1S/C14H11ClO2.C2H6.CH2O/c1-10-3-2-4-13(15)14(10)17-12-7-5-11(9-16)6-8-12;2*1-2/h2-9H,1H3;1-2H3;1H2. The molecule has 0 amide bonds. The van der Waals surface area contributed by atoms with Gasteiger partial charge in [0.2, 0.25) is 0 Å². The summed E-state index contributed by atoms with van der Waals surface area (Å²) in [5, 5.41) is 0.574. The highest BCUT2D eigenvalue weighted by molar-refractivity contribution is 6.32. The maximum Gasteiger partial charge on any atom is 0.150 e. The van der Waals surface area contributed by atoms with E-state index < -0.39 is 0 Å². The average molecular weight is 307 g/mol. The summed E-state index contributed by atoms with van der Waals surface area (Å²) in [7, 11) is 0. The normalized spacial score (nSPS) is 8.57. The Balaban J connectivity index is 0.000000921. The zero-order valence-corrected chi connectivity index (χ0v) is 13.2. The van der Waals surface area contributed by atoms with Gasteiger partial charge in [0.15, 0.2) is 0 Å². The molecular weight excluding hydrogens is 288 g/mol. The summed E-state index contributed by atoms with van der Waals surface area (Å²) < 4.78 is 5.69. The third-order valence-corrected chi connectivity index (χ3v) is 2.70. The molecule has 0 unspecified atom stereocenters. The molecule has 0 saturated carbocycles. The fraction of sp³-hybridized carbons (Fsp3) is 0.176. The van der Waals surface area contributed by atoms with E-state index in [1.54, 1.807) is 30.3 Å². The van der Waals surface area contributed by atoms with E-state index in [4.69, 9.17) is 21.1 Å². The number of benzene rings is 2. The largest absolute Gasteiger partial charge is 0.456 e. The van der Waals surface area contributed by atoms with E-state index in [9.17, 15) is 4.79 Å². The minimum absolute atomic E-state index is 0.574. The summed E-state index contributed by atoms with van der Waals surface area (Å²) in [6.45, 7) is 7.93. The Morgan fingerprint density at radius 3 is 2.10 bits per heavy atom. The minimum Gasteiger partial charge on any atom is -0.456 e. The lowest BCUT2D eigenvalue weighted by atomic mass is 10.2. The Morgan fingerprint density at radius 2 is 1.62 bits per heavy atom. The van der Waals surface area contributed by atoms with E-state index in [0.717, 1.165) is 11.8 Å². The molecule has 0 atom stereocenters. The summed E-state index contributed by atoms with van der Waals surface area (Å²) in [5.74, 6) is 1.31. The first-order valence-corrected chi connectivity index (χ1v) is 6.85. The maximum atomic E-state index is 10.5. The monoisotopic (exact) mass is 306 g/mol. The summed E-state index contributed by atoms with van der Waals surface area (Å²) in [6.07, 6.45) is 0.796. The highest BCUT2D eigenvalue weighted by Gasteiger charge is 2.06. The van der Waals surface area contributed by atoms with Crippen molar-refractivity contribution in [3.63, 3.8) is 0 Å². The molecule has 0 aromatic heterocycles. The van der Waals surface area contributed by atoms with Crippen molar-refractivity contribution in [3.8, 4) is 11.5 Å². The van der Waals surface area contributed by atoms with Crippen molar-refractivity contribution in [2.75, 3.05) is 0 Å². The van der Waals surface area contributed by atoms with Crippen LogP contribution in [0.3, 0.4) is 0 Å². The van der Waals surface area contributed by atoms with Gasteiger partial charge < -0.3 is 9.53 Å². The Hall–Kier alpha value is -2.13. The molecule has 2 aromatic carbocycles. The van der Waals surface area contributed by atoms with Crippen LogP contribution in [-0.2, 0) is 4.79 Å². The zero-order valence-electron chi connectivity index (χ0n) is 12.4. The second-order valence-electron chi connectivity index (χ2n) is 3.67. The summed E-state index contributed by atoms with van der Waals surface area (Å²) in [5.41, 5.74) is 1.59. The maximum absolute atomic E-state index is 10.5. The van der Waals surface area contributed by atoms with Crippen LogP contribution in [0, 0.1) is 6.92 Å². The lowest BCUT2D eigenvalue weighted by Crippen LogP contribution is -1.89. The molecular formula is C17H19ClO3. The van der Waals surface area contributed by atoms with Crippen molar-refractivity contribution >= 4 is 24.7 Å². The number of para-hydroxylation sites is 1. The minimum atomic E-state index is 0.574. The van der Waals surface area contributed by atoms with Crippen LogP contribution in [0.15, 0.2) is 42.5 Å². The number of carbonyl (C=O) groups is 2. The van der Waals surface area contributed by atoms with Crippen molar-refractivity contribution < 1.29 is 14.3 Å². The van der Waals surface area contributed by atoms with Gasteiger partial charge in [-0.15, -0.1) is 0 Å². The fourth-order valence-corrected chi connectivity index (χ4v) is 1.74.